The molecule has 1 aliphatic rings. The molecule has 1 aliphatic heterocycles. The number of nitrogens with zero attached hydrogens (tertiary/aromatic N) is 2. The highest BCUT2D eigenvalue weighted by atomic mass is 16.5. The molecule has 1 aromatic rings. The van der Waals surface area contributed by atoms with Crippen LogP contribution in [0.15, 0.2) is 30.3 Å². The third-order valence-electron chi connectivity index (χ3n) is 5.40. The van der Waals surface area contributed by atoms with E-state index in [4.69, 9.17) is 4.74 Å². The van der Waals surface area contributed by atoms with Gasteiger partial charge in [0.05, 0.1) is 25.4 Å². The van der Waals surface area contributed by atoms with Crippen molar-refractivity contribution >= 4 is 12.2 Å². The first-order valence-corrected chi connectivity index (χ1v) is 10.6. The van der Waals surface area contributed by atoms with Gasteiger partial charge in [0.1, 0.15) is 12.5 Å². The summed E-state index contributed by atoms with van der Waals surface area (Å²) in [6.45, 7) is 5.49. The minimum absolute atomic E-state index is 0.150. The fourth-order valence-corrected chi connectivity index (χ4v) is 3.73. The van der Waals surface area contributed by atoms with Crippen LogP contribution in [-0.4, -0.2) is 79.2 Å². The van der Waals surface area contributed by atoms with Crippen LogP contribution in [0.1, 0.15) is 44.3 Å². The highest BCUT2D eigenvalue weighted by Crippen LogP contribution is 2.25. The number of ether oxygens (including phenoxy) is 1. The fourth-order valence-electron chi connectivity index (χ4n) is 3.73. The standard InChI is InChI=1S/C22H35N3O4/c1-3-4-12-24(2)20(21(28)18-9-6-5-7-10-18)22(23-19(27)11-8-15-26)25-13-16-29-17-14-25/h5-7,9-10,15,20-22,28H,3-4,8,11-14,16-17H2,1-2H3,(H,23,27)/t20-,21+,22?/m1/s1. The number of aliphatic hydroxyl groups is 1. The number of hydrogen-bond acceptors (Lipinski definition) is 6. The van der Waals surface area contributed by atoms with Gasteiger partial charge in [0.15, 0.2) is 0 Å². The van der Waals surface area contributed by atoms with Crippen molar-refractivity contribution in [1.29, 1.82) is 0 Å². The van der Waals surface area contributed by atoms with Crippen LogP contribution in [0.25, 0.3) is 0 Å². The van der Waals surface area contributed by atoms with Crippen LogP contribution in [-0.2, 0) is 14.3 Å². The van der Waals surface area contributed by atoms with Gasteiger partial charge in [-0.25, -0.2) is 0 Å². The summed E-state index contributed by atoms with van der Waals surface area (Å²) >= 11 is 0. The first-order valence-electron chi connectivity index (χ1n) is 10.6. The number of aldehydes is 1. The Labute approximate surface area is 174 Å². The summed E-state index contributed by atoms with van der Waals surface area (Å²) in [6, 6.07) is 9.24. The Kier molecular flexibility index (Phi) is 10.3. The SMILES string of the molecule is CCCCN(C)[C@@H](C(NC(=O)CCC=O)N1CCOCC1)[C@@H](O)c1ccccc1. The molecule has 7 nitrogen and oxygen atoms in total. The lowest BCUT2D eigenvalue weighted by molar-refractivity contribution is -0.127. The van der Waals surface area contributed by atoms with E-state index in [1.165, 1.54) is 0 Å². The van der Waals surface area contributed by atoms with Gasteiger partial charge in [-0.05, 0) is 25.6 Å². The molecule has 1 fully saturated rings. The minimum Gasteiger partial charge on any atom is -0.387 e. The number of nitrogens with one attached hydrogen (secondary N) is 1. The number of aliphatic hydroxyl groups excluding tert-OH is 1. The van der Waals surface area contributed by atoms with Gasteiger partial charge in [-0.1, -0.05) is 43.7 Å². The molecule has 1 aromatic carbocycles. The number of benzene rings is 1. The van der Waals surface area contributed by atoms with Crippen molar-refractivity contribution in [2.75, 3.05) is 39.9 Å². The van der Waals surface area contributed by atoms with Crippen LogP contribution < -0.4 is 5.32 Å². The third-order valence-corrected chi connectivity index (χ3v) is 5.40. The molecule has 29 heavy (non-hydrogen) atoms. The lowest BCUT2D eigenvalue weighted by Crippen LogP contribution is -2.63. The molecule has 162 valence electrons. The van der Waals surface area contributed by atoms with Crippen molar-refractivity contribution in [3.63, 3.8) is 0 Å². The second kappa shape index (κ2) is 12.7. The van der Waals surface area contributed by atoms with Crippen molar-refractivity contribution in [3.05, 3.63) is 35.9 Å². The molecule has 3 atom stereocenters. The number of likely N-dealkylation sites (N-methyl/N-ethyl adjacent to an activating group) is 1. The van der Waals surface area contributed by atoms with Gasteiger partial charge >= 0.3 is 0 Å². The van der Waals surface area contributed by atoms with E-state index in [1.807, 2.05) is 37.4 Å². The summed E-state index contributed by atoms with van der Waals surface area (Å²) in [4.78, 5) is 27.5. The van der Waals surface area contributed by atoms with E-state index in [2.05, 4.69) is 22.0 Å². The number of morpholine rings is 1. The summed E-state index contributed by atoms with van der Waals surface area (Å²) in [7, 11) is 2.00. The van der Waals surface area contributed by atoms with Crippen molar-refractivity contribution in [3.8, 4) is 0 Å². The van der Waals surface area contributed by atoms with Gasteiger partial charge in [0.25, 0.3) is 0 Å². The predicted octanol–water partition coefficient (Wildman–Crippen LogP) is 1.57. The van der Waals surface area contributed by atoms with Gasteiger partial charge in [-0.3, -0.25) is 14.6 Å². The van der Waals surface area contributed by atoms with E-state index >= 15 is 0 Å². The summed E-state index contributed by atoms with van der Waals surface area (Å²) in [5, 5.41) is 14.4. The molecule has 0 spiro atoms. The highest BCUT2D eigenvalue weighted by Gasteiger charge is 2.37. The quantitative estimate of drug-likeness (QED) is 0.514. The number of rotatable bonds is 12. The van der Waals surface area contributed by atoms with E-state index in [0.29, 0.717) is 26.3 Å². The van der Waals surface area contributed by atoms with Crippen LogP contribution in [0.2, 0.25) is 0 Å². The highest BCUT2D eigenvalue weighted by molar-refractivity contribution is 5.78. The molecular weight excluding hydrogens is 370 g/mol. The zero-order valence-electron chi connectivity index (χ0n) is 17.6. The Hall–Kier alpha value is -1.80. The molecule has 7 heteroatoms. The van der Waals surface area contributed by atoms with E-state index in [1.54, 1.807) is 0 Å². The van der Waals surface area contributed by atoms with Crippen LogP contribution in [0, 0.1) is 0 Å². The van der Waals surface area contributed by atoms with Gasteiger partial charge in [0.2, 0.25) is 5.91 Å². The summed E-state index contributed by atoms with van der Waals surface area (Å²) < 4.78 is 5.49. The molecule has 0 saturated carbocycles. The topological polar surface area (TPSA) is 82.1 Å². The first-order chi connectivity index (χ1) is 14.1. The number of unbranched alkanes of at least 4 members (excludes halogenated alkanes) is 1. The van der Waals surface area contributed by atoms with Gasteiger partial charge in [-0.15, -0.1) is 0 Å². The number of carbonyl (C=O) groups is 2. The number of hydrogen-bond donors (Lipinski definition) is 2. The molecule has 0 bridgehead atoms. The smallest absolute Gasteiger partial charge is 0.221 e. The zero-order valence-corrected chi connectivity index (χ0v) is 17.6. The van der Waals surface area contributed by atoms with Crippen LogP contribution in [0.4, 0.5) is 0 Å². The predicted molar refractivity (Wildman–Crippen MR) is 112 cm³/mol. The van der Waals surface area contributed by atoms with Crippen LogP contribution in [0.3, 0.4) is 0 Å². The Morgan fingerprint density at radius 1 is 1.31 bits per heavy atom. The zero-order chi connectivity index (χ0) is 21.1. The fraction of sp³-hybridized carbons (Fsp3) is 0.636. The largest absolute Gasteiger partial charge is 0.387 e. The average Bonchev–Trinajstić information content (AvgIpc) is 2.76. The summed E-state index contributed by atoms with van der Waals surface area (Å²) in [6.07, 6.45) is 2.01. The van der Waals surface area contributed by atoms with Crippen LogP contribution in [0.5, 0.6) is 0 Å². The average molecular weight is 406 g/mol. The van der Waals surface area contributed by atoms with Crippen LogP contribution >= 0.6 is 0 Å². The summed E-state index contributed by atoms with van der Waals surface area (Å²) in [5.41, 5.74) is 0.821. The normalized spacial score (nSPS) is 18.2. The Bertz CT molecular complexity index is 607. The van der Waals surface area contributed by atoms with Crippen molar-refractivity contribution in [2.45, 2.75) is 50.9 Å². The molecule has 1 amide bonds. The maximum absolute atomic E-state index is 12.5. The van der Waals surface area contributed by atoms with Crippen molar-refractivity contribution in [2.24, 2.45) is 0 Å². The van der Waals surface area contributed by atoms with Crippen molar-refractivity contribution < 1.29 is 19.4 Å². The molecule has 2 N–H and O–H groups in total. The van der Waals surface area contributed by atoms with E-state index in [0.717, 1.165) is 31.2 Å². The Morgan fingerprint density at radius 3 is 2.62 bits per heavy atom. The maximum atomic E-state index is 12.5. The lowest BCUT2D eigenvalue weighted by Gasteiger charge is -2.44. The van der Waals surface area contributed by atoms with Gasteiger partial charge in [-0.2, -0.15) is 0 Å². The molecule has 1 unspecified atom stereocenters. The van der Waals surface area contributed by atoms with Crippen molar-refractivity contribution in [1.82, 2.24) is 15.1 Å². The molecular formula is C22H35N3O4. The number of amides is 1. The maximum Gasteiger partial charge on any atom is 0.221 e. The molecule has 0 aliphatic carbocycles. The first kappa shape index (κ1) is 23.5. The van der Waals surface area contributed by atoms with Gasteiger partial charge < -0.3 is 20.0 Å². The van der Waals surface area contributed by atoms with Gasteiger partial charge in [0, 0.05) is 25.9 Å². The van der Waals surface area contributed by atoms with E-state index in [-0.39, 0.29) is 31.0 Å². The summed E-state index contributed by atoms with van der Waals surface area (Å²) in [5.74, 6) is -0.178. The monoisotopic (exact) mass is 405 g/mol. The molecule has 0 radical (unpaired) electrons. The molecule has 2 rings (SSSR count). The molecule has 1 saturated heterocycles. The Morgan fingerprint density at radius 2 is 2.00 bits per heavy atom. The van der Waals surface area contributed by atoms with E-state index in [9.17, 15) is 14.7 Å². The molecule has 0 aromatic heterocycles. The second-order valence-corrected chi connectivity index (χ2v) is 7.55. The van der Waals surface area contributed by atoms with E-state index < -0.39 is 6.10 Å². The second-order valence-electron chi connectivity index (χ2n) is 7.55. The minimum atomic E-state index is -0.766. The number of carbonyl (C=O) groups excluding carboxylic acids is 2. The third kappa shape index (κ3) is 7.19. The Balaban J connectivity index is 2.31. The lowest BCUT2D eigenvalue weighted by atomic mass is 9.97. The molecule has 1 heterocycles.